The van der Waals surface area contributed by atoms with Gasteiger partial charge in [0.1, 0.15) is 10.3 Å². The van der Waals surface area contributed by atoms with Crippen molar-refractivity contribution in [2.75, 3.05) is 0 Å². The van der Waals surface area contributed by atoms with Gasteiger partial charge in [-0.3, -0.25) is 11.8 Å². The Bertz CT molecular complexity index is 2940. The molecule has 330 valence electrons. The molecule has 0 spiro atoms. The maximum atomic E-state index is 7.35. The van der Waals surface area contributed by atoms with Crippen molar-refractivity contribution < 1.29 is 44.8 Å². The summed E-state index contributed by atoms with van der Waals surface area (Å²) in [5, 5.41) is 15.5. The van der Waals surface area contributed by atoms with Crippen molar-refractivity contribution in [2.45, 2.75) is 38.0 Å². The molecule has 0 N–H and O–H groups in total. The van der Waals surface area contributed by atoms with E-state index in [-0.39, 0.29) is 55.1 Å². The predicted octanol–water partition coefficient (Wildman–Crippen LogP) is 14.1. The summed E-state index contributed by atoms with van der Waals surface area (Å²) in [5.74, 6) is 5.02. The molecular weight excluding hydrogens is 1020 g/mol. The Morgan fingerprint density at radius 1 is 0.303 bits per heavy atom. The topological polar surface area (TPSA) is 0 Å². The molecule has 66 heavy (non-hydrogen) atoms. The fourth-order valence-corrected chi connectivity index (χ4v) is 16.8. The summed E-state index contributed by atoms with van der Waals surface area (Å²) < 4.78 is 0. The van der Waals surface area contributed by atoms with E-state index >= 15 is 0 Å². The molecule has 0 fully saturated rings. The molecule has 0 aliphatic rings. The van der Waals surface area contributed by atoms with Crippen molar-refractivity contribution in [2.24, 2.45) is 0 Å². The first kappa shape index (κ1) is 50.1. The molecule has 0 aliphatic heterocycles. The first-order valence-corrected chi connectivity index (χ1v) is 24.9. The molecule has 0 saturated carbocycles. The molecule has 4 heteroatoms. The molecular formula is C62H52Ag2P2+2. The van der Waals surface area contributed by atoms with Crippen LogP contribution in [0, 0.1) is 24.7 Å². The molecule has 0 unspecified atom stereocenters. The second-order valence-electron chi connectivity index (χ2n) is 17.1. The summed E-state index contributed by atoms with van der Waals surface area (Å²) in [6, 6.07) is 81.8. The first-order chi connectivity index (χ1) is 31.2. The average molecular weight is 1070 g/mol. The number of rotatable bonds is 7. The molecule has 10 aromatic rings. The zero-order valence-corrected chi connectivity index (χ0v) is 42.5. The van der Waals surface area contributed by atoms with Crippen LogP contribution in [0.1, 0.15) is 38.8 Å². The summed E-state index contributed by atoms with van der Waals surface area (Å²) >= 11 is 0. The van der Waals surface area contributed by atoms with Gasteiger partial charge in [-0.1, -0.05) is 181 Å². The van der Waals surface area contributed by atoms with Crippen molar-refractivity contribution >= 4 is 80.2 Å². The van der Waals surface area contributed by atoms with Crippen molar-refractivity contribution in [3.8, 4) is 11.8 Å². The monoisotopic (exact) mass is 1070 g/mol. The fraction of sp³-hybridized carbons (Fsp3) is 0.0968. The largest absolute Gasteiger partial charge is 1.00 e. The minimum Gasteiger partial charge on any atom is -0.366 e. The van der Waals surface area contributed by atoms with E-state index in [0.29, 0.717) is 0 Å². The third kappa shape index (κ3) is 10.6. The summed E-state index contributed by atoms with van der Waals surface area (Å²) in [6.45, 7) is 10.1. The Morgan fingerprint density at radius 2 is 0.530 bits per heavy atom. The predicted molar refractivity (Wildman–Crippen MR) is 284 cm³/mol. The third-order valence-corrected chi connectivity index (χ3v) is 20.5. The minimum absolute atomic E-state index is 0. The Kier molecular flexibility index (Phi) is 17.4. The van der Waals surface area contributed by atoms with E-state index in [9.17, 15) is 0 Å². The Morgan fingerprint density at radius 3 is 0.803 bits per heavy atom. The molecule has 0 bridgehead atoms. The van der Waals surface area contributed by atoms with Crippen molar-refractivity contribution in [3.05, 3.63) is 254 Å². The van der Waals surface area contributed by atoms with E-state index in [1.807, 2.05) is 72.8 Å². The van der Waals surface area contributed by atoms with Crippen LogP contribution < -0.4 is 21.2 Å². The summed E-state index contributed by atoms with van der Waals surface area (Å²) in [5.41, 5.74) is 1.71. The van der Waals surface area contributed by atoms with E-state index in [1.54, 1.807) is 0 Å². The van der Waals surface area contributed by atoms with Crippen molar-refractivity contribution in [3.63, 3.8) is 0 Å². The number of hydrogen-bond acceptors (Lipinski definition) is 0. The minimum atomic E-state index is -1.07. The van der Waals surface area contributed by atoms with Crippen molar-refractivity contribution in [1.29, 1.82) is 0 Å². The van der Waals surface area contributed by atoms with Gasteiger partial charge in [0.2, 0.25) is 0 Å². The van der Waals surface area contributed by atoms with Crippen LogP contribution in [-0.2, 0) is 44.8 Å². The molecule has 0 radical (unpaired) electrons. The van der Waals surface area contributed by atoms with E-state index in [1.165, 1.54) is 42.8 Å². The number of benzene rings is 10. The Balaban J connectivity index is 0.000000177. The zero-order valence-electron chi connectivity index (χ0n) is 37.5. The second kappa shape index (κ2) is 22.9. The van der Waals surface area contributed by atoms with E-state index in [4.69, 9.17) is 12.8 Å². The van der Waals surface area contributed by atoms with Gasteiger partial charge in [-0.05, 0) is 109 Å². The van der Waals surface area contributed by atoms with Crippen LogP contribution in [-0.4, -0.2) is 10.3 Å². The van der Waals surface area contributed by atoms with Crippen LogP contribution in [0.4, 0.5) is 0 Å². The first-order valence-electron chi connectivity index (χ1n) is 21.9. The van der Waals surface area contributed by atoms with Gasteiger partial charge in [-0.15, -0.1) is 23.3 Å². The van der Waals surface area contributed by atoms with Gasteiger partial charge >= 0.3 is 44.8 Å². The summed E-state index contributed by atoms with van der Waals surface area (Å²) in [4.78, 5) is 0. The quantitative estimate of drug-likeness (QED) is 0.0491. The van der Waals surface area contributed by atoms with Gasteiger partial charge in [0, 0.05) is 0 Å². The van der Waals surface area contributed by atoms with Crippen LogP contribution in [0.2, 0.25) is 0 Å². The molecule has 0 heterocycles. The van der Waals surface area contributed by atoms with Gasteiger partial charge in [0.05, 0.1) is 37.1 Å². The van der Waals surface area contributed by atoms with E-state index < -0.39 is 15.8 Å². The zero-order chi connectivity index (χ0) is 44.5. The van der Waals surface area contributed by atoms with Crippen LogP contribution in [0.3, 0.4) is 0 Å². The third-order valence-electron chi connectivity index (χ3n) is 12.9. The molecule has 10 rings (SSSR count). The maximum absolute atomic E-state index is 7.35. The molecule has 0 atom stereocenters. The average Bonchev–Trinajstić information content (AvgIpc) is 3.35. The smallest absolute Gasteiger partial charge is 0.366 e. The van der Waals surface area contributed by atoms with Gasteiger partial charge < -0.3 is 12.8 Å². The van der Waals surface area contributed by atoms with Crippen LogP contribution >= 0.6 is 15.8 Å². The van der Waals surface area contributed by atoms with Crippen LogP contribution in [0.15, 0.2) is 231 Å². The molecule has 0 amide bonds. The molecule has 10 aromatic carbocycles. The fourth-order valence-electron chi connectivity index (χ4n) is 9.14. The molecule has 0 saturated heterocycles. The second-order valence-corrected chi connectivity index (χ2v) is 23.4. The Hall–Kier alpha value is -5.30. The number of hydrogen-bond donors (Lipinski definition) is 0. The summed E-state index contributed by atoms with van der Waals surface area (Å²) in [7, 11) is -2.13. The van der Waals surface area contributed by atoms with Gasteiger partial charge in [0.25, 0.3) is 0 Å². The van der Waals surface area contributed by atoms with Gasteiger partial charge in [0.15, 0.2) is 0 Å². The normalized spacial score (nSPS) is 11.0. The number of fused-ring (bicyclic) bond motifs is 6. The molecule has 0 aromatic heterocycles. The van der Waals surface area contributed by atoms with Crippen LogP contribution in [0.25, 0.3) is 43.1 Å². The SMILES string of the molecule is CC(C)([PH+](c1ccccc1)c1ccccc1)C(C)(C)[PH+](c1ccccc1)c1ccccc1.[Ag+].[Ag+].[C-]#Cc1cc2ccccc2c2ccccc12.[C-]#Cc1cc2ccccc2c2ccccc12. The Labute approximate surface area is 425 Å². The molecule has 0 aliphatic carbocycles. The van der Waals surface area contributed by atoms with Gasteiger partial charge in [-0.2, -0.15) is 0 Å². The van der Waals surface area contributed by atoms with E-state index in [0.717, 1.165) is 32.7 Å². The van der Waals surface area contributed by atoms with Crippen LogP contribution in [0.5, 0.6) is 0 Å². The van der Waals surface area contributed by atoms with Crippen molar-refractivity contribution in [1.82, 2.24) is 0 Å². The molecule has 0 nitrogen and oxygen atoms in total. The maximum Gasteiger partial charge on any atom is 1.00 e. The summed E-state index contributed by atoms with van der Waals surface area (Å²) in [6.07, 6.45) is 14.7. The van der Waals surface area contributed by atoms with Gasteiger partial charge in [-0.25, -0.2) is 0 Å². The van der Waals surface area contributed by atoms with E-state index in [2.05, 4.69) is 197 Å². The standard InChI is InChI=1S/C30H32P2.2C16H9.2Ag/c1-29(2,31(25-17-9-5-10-18-25)26-19-11-6-12-20-26)30(3,4)32(27-21-13-7-14-22-27)28-23-15-8-16-24-28;2*1-2-12-11-13-7-3-4-9-15(13)16-10-6-5-8-14(12)16;;/h5-24H,1-4H3;2*3-11H;;/q;2*-1;2*+1/p+2.